The Balaban J connectivity index is 1.60. The zero-order chi connectivity index (χ0) is 21.5. The Labute approximate surface area is 178 Å². The van der Waals surface area contributed by atoms with Gasteiger partial charge in [0.15, 0.2) is 0 Å². The number of imidazole rings is 1. The molecule has 1 aromatic heterocycles. The molecule has 0 saturated carbocycles. The van der Waals surface area contributed by atoms with Gasteiger partial charge in [-0.05, 0) is 63.9 Å². The average molecular weight is 406 g/mol. The zero-order valence-corrected chi connectivity index (χ0v) is 18.6. The second kappa shape index (κ2) is 7.78. The van der Waals surface area contributed by atoms with Gasteiger partial charge in [-0.3, -0.25) is 4.79 Å². The van der Waals surface area contributed by atoms with Crippen molar-refractivity contribution in [3.63, 3.8) is 0 Å². The van der Waals surface area contributed by atoms with E-state index in [2.05, 4.69) is 51.3 Å². The molecule has 0 spiro atoms. The zero-order valence-electron chi connectivity index (χ0n) is 18.6. The van der Waals surface area contributed by atoms with E-state index in [-0.39, 0.29) is 17.4 Å². The molecule has 4 rings (SSSR count). The van der Waals surface area contributed by atoms with E-state index < -0.39 is 0 Å². The lowest BCUT2D eigenvalue weighted by Gasteiger charge is -2.32. The van der Waals surface area contributed by atoms with Gasteiger partial charge in [0.05, 0.1) is 17.6 Å². The summed E-state index contributed by atoms with van der Waals surface area (Å²) in [4.78, 5) is 19.6. The summed E-state index contributed by atoms with van der Waals surface area (Å²) in [6.07, 6.45) is 0.512. The highest BCUT2D eigenvalue weighted by Crippen LogP contribution is 2.34. The summed E-state index contributed by atoms with van der Waals surface area (Å²) in [6.45, 7) is 12.4. The predicted molar refractivity (Wildman–Crippen MR) is 120 cm³/mol. The first kappa shape index (κ1) is 20.5. The summed E-state index contributed by atoms with van der Waals surface area (Å²) in [6, 6.07) is 14.3. The molecule has 2 heterocycles. The summed E-state index contributed by atoms with van der Waals surface area (Å²) < 4.78 is 8.37. The quantitative estimate of drug-likeness (QED) is 0.610. The standard InChI is InChI=1S/C25H31N3O2/c1-17-9-8-12-22(18(17)2)30-14-13-27-21-11-7-6-10-20(21)26-24(27)19-15-23(29)28(16-19)25(3,4)5/h6-12,19H,13-16H2,1-5H3. The molecule has 1 unspecified atom stereocenters. The van der Waals surface area contributed by atoms with Crippen molar-refractivity contribution in [1.29, 1.82) is 0 Å². The van der Waals surface area contributed by atoms with Gasteiger partial charge in [-0.1, -0.05) is 24.3 Å². The Bertz CT molecular complexity index is 1080. The number of rotatable bonds is 5. The normalized spacial score (nSPS) is 17.2. The van der Waals surface area contributed by atoms with Gasteiger partial charge in [0.2, 0.25) is 5.91 Å². The SMILES string of the molecule is Cc1cccc(OCCn2c(C3CC(=O)N(C(C)(C)C)C3)nc3ccccc32)c1C. The summed E-state index contributed by atoms with van der Waals surface area (Å²) in [5.41, 5.74) is 4.30. The molecule has 5 nitrogen and oxygen atoms in total. The lowest BCUT2D eigenvalue weighted by atomic mass is 10.1. The van der Waals surface area contributed by atoms with E-state index in [0.717, 1.165) is 22.6 Å². The van der Waals surface area contributed by atoms with Crippen LogP contribution < -0.4 is 4.74 Å². The van der Waals surface area contributed by atoms with Crippen LogP contribution in [0.1, 0.15) is 50.1 Å². The molecule has 158 valence electrons. The van der Waals surface area contributed by atoms with Crippen LogP contribution in [0.5, 0.6) is 5.75 Å². The van der Waals surface area contributed by atoms with E-state index in [9.17, 15) is 4.79 Å². The molecule has 1 amide bonds. The van der Waals surface area contributed by atoms with E-state index in [4.69, 9.17) is 9.72 Å². The molecule has 1 atom stereocenters. The Morgan fingerprint density at radius 3 is 2.60 bits per heavy atom. The molecular formula is C25H31N3O2. The predicted octanol–water partition coefficient (Wildman–Crippen LogP) is 4.85. The topological polar surface area (TPSA) is 47.4 Å². The number of likely N-dealkylation sites (tertiary alicyclic amines) is 1. The molecular weight excluding hydrogens is 374 g/mol. The first-order chi connectivity index (χ1) is 14.3. The van der Waals surface area contributed by atoms with Crippen molar-refractivity contribution >= 4 is 16.9 Å². The molecule has 0 radical (unpaired) electrons. The van der Waals surface area contributed by atoms with Gasteiger partial charge in [-0.15, -0.1) is 0 Å². The van der Waals surface area contributed by atoms with E-state index in [1.54, 1.807) is 0 Å². The second-order valence-electron chi connectivity index (χ2n) is 9.23. The fourth-order valence-electron chi connectivity index (χ4n) is 4.30. The molecule has 1 fully saturated rings. The molecule has 2 aromatic carbocycles. The van der Waals surface area contributed by atoms with E-state index >= 15 is 0 Å². The van der Waals surface area contributed by atoms with Crippen molar-refractivity contribution in [3.05, 3.63) is 59.4 Å². The van der Waals surface area contributed by atoms with Gasteiger partial charge >= 0.3 is 0 Å². The van der Waals surface area contributed by atoms with Crippen molar-refractivity contribution in [2.24, 2.45) is 0 Å². The maximum absolute atomic E-state index is 12.7. The number of fused-ring (bicyclic) bond motifs is 1. The molecule has 1 aliphatic heterocycles. The number of hydrogen-bond donors (Lipinski definition) is 0. The second-order valence-corrected chi connectivity index (χ2v) is 9.23. The van der Waals surface area contributed by atoms with E-state index in [0.29, 0.717) is 26.1 Å². The van der Waals surface area contributed by atoms with Crippen LogP contribution in [0, 0.1) is 13.8 Å². The number of aromatic nitrogens is 2. The maximum atomic E-state index is 12.7. The van der Waals surface area contributed by atoms with Crippen molar-refractivity contribution in [2.75, 3.05) is 13.2 Å². The van der Waals surface area contributed by atoms with Crippen molar-refractivity contribution < 1.29 is 9.53 Å². The monoisotopic (exact) mass is 405 g/mol. The summed E-state index contributed by atoms with van der Waals surface area (Å²) in [7, 11) is 0. The Hall–Kier alpha value is -2.82. The lowest BCUT2D eigenvalue weighted by molar-refractivity contribution is -0.131. The smallest absolute Gasteiger partial charge is 0.223 e. The van der Waals surface area contributed by atoms with Gasteiger partial charge in [-0.2, -0.15) is 0 Å². The summed E-state index contributed by atoms with van der Waals surface area (Å²) >= 11 is 0. The summed E-state index contributed by atoms with van der Waals surface area (Å²) in [5, 5.41) is 0. The number of para-hydroxylation sites is 2. The minimum atomic E-state index is -0.172. The molecule has 0 N–H and O–H groups in total. The number of benzene rings is 2. The maximum Gasteiger partial charge on any atom is 0.223 e. The average Bonchev–Trinajstić information content (AvgIpc) is 3.26. The van der Waals surface area contributed by atoms with Crippen molar-refractivity contribution in [1.82, 2.24) is 14.5 Å². The molecule has 1 saturated heterocycles. The number of ether oxygens (including phenoxy) is 1. The van der Waals surface area contributed by atoms with Crippen LogP contribution in [0.25, 0.3) is 11.0 Å². The molecule has 1 aliphatic rings. The van der Waals surface area contributed by atoms with E-state index in [1.807, 2.05) is 35.2 Å². The number of carbonyl (C=O) groups is 1. The Kier molecular flexibility index (Phi) is 5.31. The molecule has 3 aromatic rings. The first-order valence-corrected chi connectivity index (χ1v) is 10.7. The van der Waals surface area contributed by atoms with Gasteiger partial charge in [0.25, 0.3) is 0 Å². The number of aryl methyl sites for hydroxylation is 1. The molecule has 0 bridgehead atoms. The van der Waals surface area contributed by atoms with E-state index in [1.165, 1.54) is 11.1 Å². The van der Waals surface area contributed by atoms with Gasteiger partial charge in [0.1, 0.15) is 18.2 Å². The number of hydrogen-bond acceptors (Lipinski definition) is 3. The molecule has 5 heteroatoms. The Morgan fingerprint density at radius 2 is 1.87 bits per heavy atom. The fraction of sp³-hybridized carbons (Fsp3) is 0.440. The third kappa shape index (κ3) is 3.81. The fourth-order valence-corrected chi connectivity index (χ4v) is 4.30. The van der Waals surface area contributed by atoms with Gasteiger partial charge < -0.3 is 14.2 Å². The van der Waals surface area contributed by atoms with Gasteiger partial charge in [0, 0.05) is 24.4 Å². The minimum Gasteiger partial charge on any atom is -0.491 e. The summed E-state index contributed by atoms with van der Waals surface area (Å²) in [5.74, 6) is 2.22. The van der Waals surface area contributed by atoms with Crippen LogP contribution in [-0.2, 0) is 11.3 Å². The number of amides is 1. The van der Waals surface area contributed by atoms with Crippen molar-refractivity contribution in [2.45, 2.75) is 59.0 Å². The number of carbonyl (C=O) groups excluding carboxylic acids is 1. The Morgan fingerprint density at radius 1 is 1.10 bits per heavy atom. The first-order valence-electron chi connectivity index (χ1n) is 10.7. The van der Waals surface area contributed by atoms with Crippen LogP contribution in [-0.4, -0.2) is 39.0 Å². The third-order valence-electron chi connectivity index (χ3n) is 6.11. The van der Waals surface area contributed by atoms with Crippen LogP contribution in [0.3, 0.4) is 0 Å². The van der Waals surface area contributed by atoms with Crippen LogP contribution >= 0.6 is 0 Å². The lowest BCUT2D eigenvalue weighted by Crippen LogP contribution is -2.42. The van der Waals surface area contributed by atoms with Crippen LogP contribution in [0.2, 0.25) is 0 Å². The largest absolute Gasteiger partial charge is 0.491 e. The van der Waals surface area contributed by atoms with Crippen LogP contribution in [0.4, 0.5) is 0 Å². The highest BCUT2D eigenvalue weighted by atomic mass is 16.5. The highest BCUT2D eigenvalue weighted by molar-refractivity contribution is 5.81. The number of nitrogens with zero attached hydrogens (tertiary/aromatic N) is 3. The van der Waals surface area contributed by atoms with Gasteiger partial charge in [-0.25, -0.2) is 4.98 Å². The minimum absolute atomic E-state index is 0.102. The third-order valence-corrected chi connectivity index (χ3v) is 6.11. The molecule has 30 heavy (non-hydrogen) atoms. The highest BCUT2D eigenvalue weighted by Gasteiger charge is 2.38. The van der Waals surface area contributed by atoms with Crippen molar-refractivity contribution in [3.8, 4) is 5.75 Å². The molecule has 0 aliphatic carbocycles. The van der Waals surface area contributed by atoms with Crippen LogP contribution in [0.15, 0.2) is 42.5 Å².